The van der Waals surface area contributed by atoms with Gasteiger partial charge in [-0.1, -0.05) is 18.2 Å². The quantitative estimate of drug-likeness (QED) is 0.670. The van der Waals surface area contributed by atoms with Crippen LogP contribution in [-0.4, -0.2) is 22.9 Å². The average molecular weight is 297 g/mol. The van der Waals surface area contributed by atoms with Gasteiger partial charge in [0, 0.05) is 0 Å². The fourth-order valence-corrected chi connectivity index (χ4v) is 4.11. The van der Waals surface area contributed by atoms with E-state index in [2.05, 4.69) is 12.2 Å². The highest BCUT2D eigenvalue weighted by molar-refractivity contribution is 6.22. The molecular weight excluding hydrogens is 282 g/mol. The Morgan fingerprint density at radius 1 is 1.05 bits per heavy atom. The van der Waals surface area contributed by atoms with Crippen LogP contribution in [0.4, 0.5) is 5.69 Å². The molecule has 4 atom stereocenters. The predicted molar refractivity (Wildman–Crippen MR) is 78.2 cm³/mol. The molecule has 0 spiro atoms. The zero-order valence-corrected chi connectivity index (χ0v) is 11.8. The van der Waals surface area contributed by atoms with Crippen molar-refractivity contribution in [1.82, 2.24) is 0 Å². The summed E-state index contributed by atoms with van der Waals surface area (Å²) < 4.78 is 0. The van der Waals surface area contributed by atoms with Crippen molar-refractivity contribution in [1.29, 1.82) is 0 Å². The van der Waals surface area contributed by atoms with Crippen molar-refractivity contribution >= 4 is 23.5 Å². The maximum absolute atomic E-state index is 12.7. The minimum Gasteiger partial charge on any atom is -0.478 e. The summed E-state index contributed by atoms with van der Waals surface area (Å²) in [5, 5.41) is 9.09. The van der Waals surface area contributed by atoms with Gasteiger partial charge in [0.15, 0.2) is 0 Å². The Balaban J connectivity index is 1.75. The molecule has 22 heavy (non-hydrogen) atoms. The van der Waals surface area contributed by atoms with Gasteiger partial charge in [0.1, 0.15) is 0 Å². The van der Waals surface area contributed by atoms with Crippen LogP contribution in [0.5, 0.6) is 0 Å². The van der Waals surface area contributed by atoms with E-state index in [1.165, 1.54) is 17.0 Å². The van der Waals surface area contributed by atoms with Crippen LogP contribution in [0.3, 0.4) is 0 Å². The van der Waals surface area contributed by atoms with E-state index in [-0.39, 0.29) is 41.0 Å². The van der Waals surface area contributed by atoms with E-state index in [1.54, 1.807) is 12.1 Å². The van der Waals surface area contributed by atoms with Gasteiger partial charge >= 0.3 is 5.97 Å². The van der Waals surface area contributed by atoms with Crippen LogP contribution >= 0.6 is 0 Å². The first-order chi connectivity index (χ1) is 10.6. The number of aromatic carboxylic acids is 1. The molecule has 1 heterocycles. The third-order valence-electron chi connectivity index (χ3n) is 5.11. The maximum atomic E-state index is 12.7. The third kappa shape index (κ3) is 1.68. The minimum absolute atomic E-state index is 0.0778. The van der Waals surface area contributed by atoms with Gasteiger partial charge < -0.3 is 5.11 Å². The largest absolute Gasteiger partial charge is 0.478 e. The van der Waals surface area contributed by atoms with Crippen molar-refractivity contribution < 1.29 is 19.5 Å². The van der Waals surface area contributed by atoms with E-state index in [9.17, 15) is 14.4 Å². The molecule has 112 valence electrons. The first-order valence-electron chi connectivity index (χ1n) is 7.47. The predicted octanol–water partition coefficient (Wildman–Crippen LogP) is 2.09. The number of fused-ring (bicyclic) bond motifs is 1. The van der Waals surface area contributed by atoms with Crippen molar-refractivity contribution in [2.75, 3.05) is 4.90 Å². The van der Waals surface area contributed by atoms with Crippen LogP contribution in [0.1, 0.15) is 23.2 Å². The second kappa shape index (κ2) is 4.53. The van der Waals surface area contributed by atoms with Gasteiger partial charge in [-0.3, -0.25) is 9.59 Å². The minimum atomic E-state index is -1.07. The molecule has 5 rings (SSSR count). The number of carboxylic acids is 1. The fraction of sp³-hybridized carbons (Fsp3) is 0.353. The SMILES string of the molecule is O=C(O)c1cccc(N2C(=O)[C@@H]3[C@H](C2=O)[C@@H]2C=C[C@H]3CC2)c1. The van der Waals surface area contributed by atoms with Crippen LogP contribution in [0.25, 0.3) is 0 Å². The molecule has 0 aromatic heterocycles. The number of amides is 2. The molecule has 1 aliphatic heterocycles. The molecule has 2 fully saturated rings. The Morgan fingerprint density at radius 3 is 2.14 bits per heavy atom. The van der Waals surface area contributed by atoms with E-state index < -0.39 is 5.97 Å². The summed E-state index contributed by atoms with van der Waals surface area (Å²) in [6.45, 7) is 0. The zero-order valence-electron chi connectivity index (χ0n) is 11.8. The Kier molecular flexibility index (Phi) is 2.73. The van der Waals surface area contributed by atoms with E-state index in [1.807, 2.05) is 0 Å². The van der Waals surface area contributed by atoms with Gasteiger partial charge in [0.05, 0.1) is 23.1 Å². The summed E-state index contributed by atoms with van der Waals surface area (Å²) in [4.78, 5) is 37.8. The number of anilines is 1. The Labute approximate surface area is 127 Å². The van der Waals surface area contributed by atoms with Crippen LogP contribution in [-0.2, 0) is 9.59 Å². The Hall–Kier alpha value is -2.43. The number of carbonyl (C=O) groups excluding carboxylic acids is 2. The topological polar surface area (TPSA) is 74.7 Å². The van der Waals surface area contributed by atoms with Gasteiger partial charge in [-0.2, -0.15) is 0 Å². The molecular formula is C17H15NO4. The molecule has 5 heteroatoms. The summed E-state index contributed by atoms with van der Waals surface area (Å²) in [6.07, 6.45) is 6.03. The monoisotopic (exact) mass is 297 g/mol. The second-order valence-electron chi connectivity index (χ2n) is 6.21. The number of hydrogen-bond acceptors (Lipinski definition) is 3. The number of nitrogens with zero attached hydrogens (tertiary/aromatic N) is 1. The lowest BCUT2D eigenvalue weighted by Crippen LogP contribution is -2.38. The van der Waals surface area contributed by atoms with Crippen LogP contribution in [0.15, 0.2) is 36.4 Å². The van der Waals surface area contributed by atoms with Gasteiger partial charge in [-0.05, 0) is 42.9 Å². The average Bonchev–Trinajstić information content (AvgIpc) is 2.82. The molecule has 1 saturated heterocycles. The first-order valence-corrected chi connectivity index (χ1v) is 7.47. The highest BCUT2D eigenvalue weighted by Gasteiger charge is 2.56. The molecule has 1 aromatic rings. The summed E-state index contributed by atoms with van der Waals surface area (Å²) in [6, 6.07) is 6.03. The molecule has 2 amide bonds. The number of carboxylic acid groups (broad SMARTS) is 1. The van der Waals surface area contributed by atoms with E-state index in [0.29, 0.717) is 5.69 Å². The number of carbonyl (C=O) groups is 3. The number of benzene rings is 1. The molecule has 0 unspecified atom stereocenters. The van der Waals surface area contributed by atoms with Crippen molar-refractivity contribution in [3.63, 3.8) is 0 Å². The molecule has 5 nitrogen and oxygen atoms in total. The molecule has 1 N–H and O–H groups in total. The standard InChI is InChI=1S/C17H15NO4/c19-15-13-9-4-5-10(7-6-9)14(13)16(20)18(15)12-3-1-2-11(8-12)17(21)22/h1-5,8-10,13-14H,6-7H2,(H,21,22)/t9-,10+,13-,14+. The zero-order chi connectivity index (χ0) is 15.4. The lowest BCUT2D eigenvalue weighted by molar-refractivity contribution is -0.124. The Bertz CT molecular complexity index is 691. The van der Waals surface area contributed by atoms with Crippen LogP contribution < -0.4 is 4.90 Å². The number of rotatable bonds is 2. The maximum Gasteiger partial charge on any atom is 0.335 e. The van der Waals surface area contributed by atoms with E-state index in [0.717, 1.165) is 12.8 Å². The summed E-state index contributed by atoms with van der Waals surface area (Å²) in [7, 11) is 0. The van der Waals surface area contributed by atoms with Gasteiger partial charge in [-0.15, -0.1) is 0 Å². The molecule has 0 radical (unpaired) electrons. The van der Waals surface area contributed by atoms with Crippen LogP contribution in [0.2, 0.25) is 0 Å². The van der Waals surface area contributed by atoms with Gasteiger partial charge in [0.2, 0.25) is 11.8 Å². The number of hydrogen-bond donors (Lipinski definition) is 1. The summed E-state index contributed by atoms with van der Waals surface area (Å²) in [5.74, 6) is -1.71. The Morgan fingerprint density at radius 2 is 1.64 bits per heavy atom. The van der Waals surface area contributed by atoms with Crippen molar-refractivity contribution in [3.8, 4) is 0 Å². The van der Waals surface area contributed by atoms with E-state index >= 15 is 0 Å². The van der Waals surface area contributed by atoms with Crippen molar-refractivity contribution in [3.05, 3.63) is 42.0 Å². The van der Waals surface area contributed by atoms with E-state index in [4.69, 9.17) is 5.11 Å². The molecule has 1 saturated carbocycles. The smallest absolute Gasteiger partial charge is 0.335 e. The van der Waals surface area contributed by atoms with Crippen molar-refractivity contribution in [2.24, 2.45) is 23.7 Å². The molecule has 3 aliphatic carbocycles. The van der Waals surface area contributed by atoms with Crippen LogP contribution in [0, 0.1) is 23.7 Å². The highest BCUT2D eigenvalue weighted by Crippen LogP contribution is 2.50. The number of allylic oxidation sites excluding steroid dienone is 2. The van der Waals surface area contributed by atoms with Gasteiger partial charge in [-0.25, -0.2) is 9.69 Å². The lowest BCUT2D eigenvalue weighted by atomic mass is 9.63. The van der Waals surface area contributed by atoms with Crippen molar-refractivity contribution in [2.45, 2.75) is 12.8 Å². The third-order valence-corrected chi connectivity index (χ3v) is 5.11. The second-order valence-corrected chi connectivity index (χ2v) is 6.21. The normalized spacial score (nSPS) is 32.5. The first kappa shape index (κ1) is 13.2. The summed E-state index contributed by atoms with van der Waals surface area (Å²) >= 11 is 0. The molecule has 4 aliphatic rings. The molecule has 2 bridgehead atoms. The molecule has 1 aromatic carbocycles. The lowest BCUT2D eigenvalue weighted by Gasteiger charge is -2.38. The fourth-order valence-electron chi connectivity index (χ4n) is 4.11. The highest BCUT2D eigenvalue weighted by atomic mass is 16.4. The van der Waals surface area contributed by atoms with Gasteiger partial charge in [0.25, 0.3) is 0 Å². The number of imide groups is 1. The summed E-state index contributed by atoms with van der Waals surface area (Å²) in [5.41, 5.74) is 0.442.